The Morgan fingerprint density at radius 1 is 0.950 bits per heavy atom. The molecule has 0 aliphatic carbocycles. The lowest BCUT2D eigenvalue weighted by atomic mass is 10.2. The molecule has 4 heteroatoms. The number of benzene rings is 1. The molecule has 0 bridgehead atoms. The highest BCUT2D eigenvalue weighted by Crippen LogP contribution is 2.09. The third kappa shape index (κ3) is 3.63. The van der Waals surface area contributed by atoms with E-state index in [0.717, 1.165) is 23.9 Å². The number of furan rings is 1. The summed E-state index contributed by atoms with van der Waals surface area (Å²) in [6.45, 7) is 6.92. The van der Waals surface area contributed by atoms with Gasteiger partial charge in [-0.25, -0.2) is 0 Å². The van der Waals surface area contributed by atoms with E-state index >= 15 is 0 Å². The highest BCUT2D eigenvalue weighted by Gasteiger charge is 2.23. The molecule has 1 fully saturated rings. The fourth-order valence-corrected chi connectivity index (χ4v) is 3.12. The Morgan fingerprint density at radius 3 is 2.35 bits per heavy atom. The van der Waals surface area contributed by atoms with Gasteiger partial charge in [-0.05, 0) is 24.3 Å². The maximum Gasteiger partial charge on any atom is 0.157 e. The predicted octanol–water partition coefficient (Wildman–Crippen LogP) is 0.417. The molecule has 1 aromatic carbocycles. The molecule has 0 amide bonds. The van der Waals surface area contributed by atoms with Crippen molar-refractivity contribution in [2.45, 2.75) is 13.1 Å². The summed E-state index contributed by atoms with van der Waals surface area (Å²) >= 11 is 6.04. The quantitative estimate of drug-likeness (QED) is 0.838. The van der Waals surface area contributed by atoms with Gasteiger partial charge < -0.3 is 14.2 Å². The van der Waals surface area contributed by atoms with Crippen molar-refractivity contribution < 1.29 is 14.2 Å². The maximum atomic E-state index is 6.04. The average Bonchev–Trinajstić information content (AvgIpc) is 2.94. The van der Waals surface area contributed by atoms with E-state index in [9.17, 15) is 0 Å². The Labute approximate surface area is 124 Å². The van der Waals surface area contributed by atoms with Crippen LogP contribution in [0.2, 0.25) is 5.02 Å². The summed E-state index contributed by atoms with van der Waals surface area (Å²) in [6, 6.07) is 12.3. The number of hydrogen-bond donors (Lipinski definition) is 2. The van der Waals surface area contributed by atoms with Crippen molar-refractivity contribution >= 4 is 11.6 Å². The molecule has 0 radical (unpaired) electrons. The van der Waals surface area contributed by atoms with Gasteiger partial charge in [0.25, 0.3) is 0 Å². The highest BCUT2D eigenvalue weighted by atomic mass is 35.5. The topological polar surface area (TPSA) is 22.0 Å². The molecule has 1 aliphatic heterocycles. The van der Waals surface area contributed by atoms with Crippen LogP contribution in [-0.4, -0.2) is 26.2 Å². The Morgan fingerprint density at radius 2 is 1.70 bits per heavy atom. The van der Waals surface area contributed by atoms with E-state index in [0.29, 0.717) is 0 Å². The lowest BCUT2D eigenvalue weighted by Gasteiger charge is -2.29. The number of nitrogens with one attached hydrogen (secondary N) is 2. The van der Waals surface area contributed by atoms with Gasteiger partial charge in [-0.3, -0.25) is 0 Å². The molecule has 0 spiro atoms. The minimum Gasteiger partial charge on any atom is -0.463 e. The van der Waals surface area contributed by atoms with Gasteiger partial charge in [0.1, 0.15) is 39.3 Å². The molecule has 0 saturated carbocycles. The number of quaternary nitrogens is 2. The summed E-state index contributed by atoms with van der Waals surface area (Å²) in [4.78, 5) is 3.27. The van der Waals surface area contributed by atoms with E-state index in [1.165, 1.54) is 31.7 Å². The minimum atomic E-state index is 0.837. The molecule has 1 aliphatic rings. The first kappa shape index (κ1) is 13.7. The van der Waals surface area contributed by atoms with Gasteiger partial charge >= 0.3 is 0 Å². The van der Waals surface area contributed by atoms with Crippen LogP contribution in [0.4, 0.5) is 0 Å². The van der Waals surface area contributed by atoms with Crippen LogP contribution in [0.25, 0.3) is 0 Å². The van der Waals surface area contributed by atoms with E-state index in [4.69, 9.17) is 16.0 Å². The monoisotopic (exact) mass is 292 g/mol. The number of halogens is 1. The second kappa shape index (κ2) is 6.44. The summed E-state index contributed by atoms with van der Waals surface area (Å²) in [7, 11) is 0. The van der Waals surface area contributed by atoms with Crippen LogP contribution in [0.3, 0.4) is 0 Å². The number of piperazine rings is 1. The molecule has 20 heavy (non-hydrogen) atoms. The van der Waals surface area contributed by atoms with Crippen LogP contribution >= 0.6 is 11.6 Å². The van der Waals surface area contributed by atoms with E-state index in [1.807, 2.05) is 18.2 Å². The second-order valence-electron chi connectivity index (χ2n) is 5.56. The Balaban J connectivity index is 1.48. The zero-order valence-electron chi connectivity index (χ0n) is 11.6. The zero-order chi connectivity index (χ0) is 13.8. The van der Waals surface area contributed by atoms with Gasteiger partial charge in [0, 0.05) is 10.6 Å². The molecule has 3 rings (SSSR count). The van der Waals surface area contributed by atoms with Crippen LogP contribution in [0.15, 0.2) is 47.1 Å². The van der Waals surface area contributed by atoms with Gasteiger partial charge in [-0.2, -0.15) is 0 Å². The van der Waals surface area contributed by atoms with Crippen LogP contribution < -0.4 is 9.80 Å². The first-order valence-corrected chi connectivity index (χ1v) is 7.61. The van der Waals surface area contributed by atoms with Crippen molar-refractivity contribution in [1.82, 2.24) is 0 Å². The number of rotatable bonds is 4. The molecular weight excluding hydrogens is 272 g/mol. The fourth-order valence-electron chi connectivity index (χ4n) is 2.91. The average molecular weight is 293 g/mol. The molecule has 0 unspecified atom stereocenters. The van der Waals surface area contributed by atoms with Crippen molar-refractivity contribution in [3.05, 3.63) is 59.0 Å². The molecule has 2 aromatic rings. The third-order valence-electron chi connectivity index (χ3n) is 4.01. The summed E-state index contributed by atoms with van der Waals surface area (Å²) in [5.41, 5.74) is 1.34. The van der Waals surface area contributed by atoms with Crippen molar-refractivity contribution in [3.63, 3.8) is 0 Å². The summed E-state index contributed by atoms with van der Waals surface area (Å²) in [6.07, 6.45) is 1.76. The molecule has 1 aromatic heterocycles. The lowest BCUT2D eigenvalue weighted by molar-refractivity contribution is -1.02. The van der Waals surface area contributed by atoms with Gasteiger partial charge in [-0.15, -0.1) is 0 Å². The van der Waals surface area contributed by atoms with Gasteiger partial charge in [0.2, 0.25) is 0 Å². The molecular formula is C16H21ClN2O+2. The highest BCUT2D eigenvalue weighted by molar-refractivity contribution is 6.30. The normalized spacial score (nSPS) is 22.9. The zero-order valence-corrected chi connectivity index (χ0v) is 12.3. The van der Waals surface area contributed by atoms with Crippen molar-refractivity contribution in [3.8, 4) is 0 Å². The van der Waals surface area contributed by atoms with Crippen LogP contribution in [0, 0.1) is 0 Å². The van der Waals surface area contributed by atoms with E-state index in [1.54, 1.807) is 16.1 Å². The third-order valence-corrected chi connectivity index (χ3v) is 4.25. The Hall–Kier alpha value is -1.29. The van der Waals surface area contributed by atoms with Crippen molar-refractivity contribution in [2.75, 3.05) is 26.2 Å². The van der Waals surface area contributed by atoms with E-state index < -0.39 is 0 Å². The first-order valence-electron chi connectivity index (χ1n) is 7.23. The molecule has 1 saturated heterocycles. The Kier molecular flexibility index (Phi) is 4.41. The fraction of sp³-hybridized carbons (Fsp3) is 0.375. The molecule has 3 nitrogen and oxygen atoms in total. The summed E-state index contributed by atoms with van der Waals surface area (Å²) in [5, 5.41) is 0.837. The molecule has 0 atom stereocenters. The Bertz CT molecular complexity index is 533. The van der Waals surface area contributed by atoms with Gasteiger partial charge in [0.15, 0.2) is 5.76 Å². The van der Waals surface area contributed by atoms with Crippen LogP contribution in [0.1, 0.15) is 11.3 Å². The van der Waals surface area contributed by atoms with Crippen molar-refractivity contribution in [1.29, 1.82) is 0 Å². The smallest absolute Gasteiger partial charge is 0.157 e. The second-order valence-corrected chi connectivity index (χ2v) is 6.00. The van der Waals surface area contributed by atoms with Crippen molar-refractivity contribution in [2.24, 2.45) is 0 Å². The minimum absolute atomic E-state index is 0.837. The molecule has 106 valence electrons. The van der Waals surface area contributed by atoms with E-state index in [-0.39, 0.29) is 0 Å². The summed E-state index contributed by atoms with van der Waals surface area (Å²) < 4.78 is 5.43. The molecule has 2 heterocycles. The summed E-state index contributed by atoms with van der Waals surface area (Å²) in [5.74, 6) is 1.10. The predicted molar refractivity (Wildman–Crippen MR) is 79.0 cm³/mol. The van der Waals surface area contributed by atoms with Crippen LogP contribution in [0.5, 0.6) is 0 Å². The van der Waals surface area contributed by atoms with Crippen LogP contribution in [-0.2, 0) is 13.1 Å². The SMILES string of the molecule is Clc1cccc(C[NH+]2CC[NH+](Cc3ccco3)CC2)c1. The maximum absolute atomic E-state index is 6.04. The number of hydrogen-bond acceptors (Lipinski definition) is 1. The largest absolute Gasteiger partial charge is 0.463 e. The van der Waals surface area contributed by atoms with Gasteiger partial charge in [0.05, 0.1) is 6.26 Å². The first-order chi connectivity index (χ1) is 9.79. The standard InChI is InChI=1S/C16H19ClN2O/c17-15-4-1-3-14(11-15)12-18-6-8-19(9-7-18)13-16-5-2-10-20-16/h1-5,10-11H,6-9,12-13H2/p+2. The van der Waals surface area contributed by atoms with E-state index in [2.05, 4.69) is 18.2 Å². The lowest BCUT2D eigenvalue weighted by Crippen LogP contribution is -3.27. The van der Waals surface area contributed by atoms with Gasteiger partial charge in [-0.1, -0.05) is 23.7 Å². The molecule has 2 N–H and O–H groups in total.